The minimum Gasteiger partial charge on any atom is -0.381 e. The molecule has 0 saturated heterocycles. The van der Waals surface area contributed by atoms with Crippen molar-refractivity contribution in [2.24, 2.45) is 0 Å². The second-order valence-corrected chi connectivity index (χ2v) is 5.52. The Kier molecular flexibility index (Phi) is 3.57. The van der Waals surface area contributed by atoms with Gasteiger partial charge in [0.15, 0.2) is 5.82 Å². The SMILES string of the molecule is Cc1ccn2c(=O)cc(CSc3nccnc3N)nc2c1. The molecule has 0 aliphatic heterocycles. The van der Waals surface area contributed by atoms with Crippen LogP contribution >= 0.6 is 11.8 Å². The molecule has 0 radical (unpaired) electrons. The van der Waals surface area contributed by atoms with Gasteiger partial charge < -0.3 is 5.73 Å². The molecular weight excluding hydrogens is 286 g/mol. The Morgan fingerprint density at radius 1 is 1.29 bits per heavy atom. The van der Waals surface area contributed by atoms with E-state index in [1.54, 1.807) is 18.6 Å². The number of nitrogen functional groups attached to an aromatic ring is 1. The monoisotopic (exact) mass is 299 g/mol. The fourth-order valence-corrected chi connectivity index (χ4v) is 2.69. The summed E-state index contributed by atoms with van der Waals surface area (Å²) in [5, 5.41) is 0.642. The third-order valence-corrected chi connectivity index (χ3v) is 3.95. The number of nitrogens with zero attached hydrogens (tertiary/aromatic N) is 4. The van der Waals surface area contributed by atoms with Crippen molar-refractivity contribution in [3.05, 3.63) is 58.4 Å². The molecule has 0 fully saturated rings. The number of aromatic nitrogens is 4. The van der Waals surface area contributed by atoms with Crippen molar-refractivity contribution < 1.29 is 0 Å². The predicted molar refractivity (Wildman–Crippen MR) is 82.2 cm³/mol. The van der Waals surface area contributed by atoms with Gasteiger partial charge in [0.1, 0.15) is 10.7 Å². The summed E-state index contributed by atoms with van der Waals surface area (Å²) in [5.41, 5.74) is 8.05. The minimum absolute atomic E-state index is 0.0947. The molecule has 0 atom stereocenters. The first-order chi connectivity index (χ1) is 10.1. The van der Waals surface area contributed by atoms with E-state index in [1.165, 1.54) is 22.2 Å². The van der Waals surface area contributed by atoms with Crippen molar-refractivity contribution in [1.29, 1.82) is 0 Å². The third-order valence-electron chi connectivity index (χ3n) is 2.92. The average molecular weight is 299 g/mol. The lowest BCUT2D eigenvalue weighted by molar-refractivity contribution is 1.00. The van der Waals surface area contributed by atoms with Gasteiger partial charge in [-0.1, -0.05) is 11.8 Å². The lowest BCUT2D eigenvalue weighted by Crippen LogP contribution is -2.15. The lowest BCUT2D eigenvalue weighted by Gasteiger charge is -2.05. The highest BCUT2D eigenvalue weighted by Gasteiger charge is 2.06. The Balaban J connectivity index is 1.91. The van der Waals surface area contributed by atoms with Gasteiger partial charge in [-0.25, -0.2) is 15.0 Å². The van der Waals surface area contributed by atoms with Gasteiger partial charge in [-0.3, -0.25) is 9.20 Å². The molecular formula is C14H13N5OS. The normalized spacial score (nSPS) is 10.9. The zero-order chi connectivity index (χ0) is 14.8. The van der Waals surface area contributed by atoms with Crippen LogP contribution in [0.4, 0.5) is 5.82 Å². The summed E-state index contributed by atoms with van der Waals surface area (Å²) in [4.78, 5) is 24.7. The lowest BCUT2D eigenvalue weighted by atomic mass is 10.3. The van der Waals surface area contributed by atoms with Gasteiger partial charge in [-0.2, -0.15) is 0 Å². The van der Waals surface area contributed by atoms with Crippen LogP contribution in [0, 0.1) is 6.92 Å². The molecule has 21 heavy (non-hydrogen) atoms. The fourth-order valence-electron chi connectivity index (χ4n) is 1.92. The van der Waals surface area contributed by atoms with E-state index in [-0.39, 0.29) is 5.56 Å². The molecule has 0 spiro atoms. The maximum absolute atomic E-state index is 12.1. The smallest absolute Gasteiger partial charge is 0.258 e. The second-order valence-electron chi connectivity index (χ2n) is 4.55. The van der Waals surface area contributed by atoms with Gasteiger partial charge >= 0.3 is 0 Å². The van der Waals surface area contributed by atoms with Crippen molar-refractivity contribution in [2.45, 2.75) is 17.7 Å². The van der Waals surface area contributed by atoms with Crippen molar-refractivity contribution in [3.63, 3.8) is 0 Å². The highest BCUT2D eigenvalue weighted by atomic mass is 32.2. The van der Waals surface area contributed by atoms with Crippen LogP contribution in [0.5, 0.6) is 0 Å². The summed E-state index contributed by atoms with van der Waals surface area (Å²) in [5.74, 6) is 0.901. The van der Waals surface area contributed by atoms with Crippen molar-refractivity contribution in [2.75, 3.05) is 5.73 Å². The van der Waals surface area contributed by atoms with Crippen LogP contribution in [0.3, 0.4) is 0 Å². The first-order valence-corrected chi connectivity index (χ1v) is 7.30. The van der Waals surface area contributed by atoms with Gasteiger partial charge in [0.25, 0.3) is 5.56 Å². The molecule has 0 saturated carbocycles. The Bertz CT molecular complexity index is 861. The average Bonchev–Trinajstić information content (AvgIpc) is 2.46. The maximum atomic E-state index is 12.1. The molecule has 3 rings (SSSR count). The summed E-state index contributed by atoms with van der Waals surface area (Å²) in [6.07, 6.45) is 4.87. The van der Waals surface area contributed by atoms with Crippen molar-refractivity contribution >= 4 is 23.2 Å². The Morgan fingerprint density at radius 2 is 2.10 bits per heavy atom. The molecule has 3 heterocycles. The molecule has 106 valence electrons. The Labute approximate surface area is 125 Å². The number of fused-ring (bicyclic) bond motifs is 1. The molecule has 6 nitrogen and oxygen atoms in total. The number of thioether (sulfide) groups is 1. The number of rotatable bonds is 3. The molecule has 0 amide bonds. The highest BCUT2D eigenvalue weighted by molar-refractivity contribution is 7.98. The predicted octanol–water partition coefficient (Wildman–Crippen LogP) is 1.67. The van der Waals surface area contributed by atoms with E-state index < -0.39 is 0 Å². The standard InChI is InChI=1S/C14H13N5OS/c1-9-2-5-19-11(6-9)18-10(7-12(19)20)8-21-14-13(15)16-3-4-17-14/h2-7H,8H2,1H3,(H2,15,16). The van der Waals surface area contributed by atoms with Gasteiger partial charge in [-0.05, 0) is 24.6 Å². The minimum atomic E-state index is -0.0947. The van der Waals surface area contributed by atoms with E-state index in [0.29, 0.717) is 27.9 Å². The van der Waals surface area contributed by atoms with E-state index in [4.69, 9.17) is 5.73 Å². The first kappa shape index (κ1) is 13.6. The van der Waals surface area contributed by atoms with Crippen LogP contribution in [0.1, 0.15) is 11.3 Å². The number of pyridine rings is 1. The summed E-state index contributed by atoms with van der Waals surface area (Å²) in [7, 11) is 0. The van der Waals surface area contributed by atoms with Crippen LogP contribution in [0.25, 0.3) is 5.65 Å². The quantitative estimate of drug-likeness (QED) is 0.740. The molecule has 3 aromatic rings. The number of aryl methyl sites for hydroxylation is 1. The van der Waals surface area contributed by atoms with E-state index in [9.17, 15) is 4.79 Å². The van der Waals surface area contributed by atoms with Gasteiger partial charge in [0.05, 0.1) is 5.69 Å². The maximum Gasteiger partial charge on any atom is 0.258 e. The Morgan fingerprint density at radius 3 is 2.90 bits per heavy atom. The third kappa shape index (κ3) is 2.87. The topological polar surface area (TPSA) is 86.2 Å². The zero-order valence-corrected chi connectivity index (χ0v) is 12.2. The molecule has 0 aromatic carbocycles. The summed E-state index contributed by atoms with van der Waals surface area (Å²) in [6.45, 7) is 1.97. The van der Waals surface area contributed by atoms with Crippen molar-refractivity contribution in [1.82, 2.24) is 19.4 Å². The molecule has 0 unspecified atom stereocenters. The number of hydrogen-bond acceptors (Lipinski definition) is 6. The molecule has 0 aliphatic carbocycles. The van der Waals surface area contributed by atoms with Crippen LogP contribution in [0.2, 0.25) is 0 Å². The van der Waals surface area contributed by atoms with E-state index in [2.05, 4.69) is 15.0 Å². The molecule has 3 aromatic heterocycles. The highest BCUT2D eigenvalue weighted by Crippen LogP contribution is 2.23. The molecule has 0 bridgehead atoms. The second kappa shape index (κ2) is 5.53. The van der Waals surface area contributed by atoms with Crippen LogP contribution in [-0.4, -0.2) is 19.4 Å². The largest absolute Gasteiger partial charge is 0.381 e. The number of nitrogens with two attached hydrogens (primary N) is 1. The first-order valence-electron chi connectivity index (χ1n) is 6.32. The summed E-state index contributed by atoms with van der Waals surface area (Å²) < 4.78 is 1.53. The fraction of sp³-hybridized carbons (Fsp3) is 0.143. The van der Waals surface area contributed by atoms with Crippen molar-refractivity contribution in [3.8, 4) is 0 Å². The van der Waals surface area contributed by atoms with Crippen LogP contribution in [-0.2, 0) is 5.75 Å². The molecule has 0 aliphatic rings. The van der Waals surface area contributed by atoms with E-state index >= 15 is 0 Å². The molecule has 7 heteroatoms. The van der Waals surface area contributed by atoms with Crippen LogP contribution in [0.15, 0.2) is 46.6 Å². The Hall–Kier alpha value is -2.41. The van der Waals surface area contributed by atoms with Crippen LogP contribution < -0.4 is 11.3 Å². The summed E-state index contributed by atoms with van der Waals surface area (Å²) in [6, 6.07) is 5.29. The van der Waals surface area contributed by atoms with E-state index in [0.717, 1.165) is 5.56 Å². The van der Waals surface area contributed by atoms with Gasteiger partial charge in [0, 0.05) is 30.4 Å². The van der Waals surface area contributed by atoms with Gasteiger partial charge in [-0.15, -0.1) is 0 Å². The van der Waals surface area contributed by atoms with E-state index in [1.807, 2.05) is 19.1 Å². The summed E-state index contributed by atoms with van der Waals surface area (Å²) >= 11 is 1.41. The number of hydrogen-bond donors (Lipinski definition) is 1. The number of anilines is 1. The van der Waals surface area contributed by atoms with Gasteiger partial charge in [0.2, 0.25) is 0 Å². The molecule has 2 N–H and O–H groups in total. The zero-order valence-electron chi connectivity index (χ0n) is 11.4.